The lowest BCUT2D eigenvalue weighted by molar-refractivity contribution is -0.164. The smallest absolute Gasteiger partial charge is 0.310 e. The van der Waals surface area contributed by atoms with Crippen molar-refractivity contribution in [1.29, 1.82) is 0 Å². The van der Waals surface area contributed by atoms with Crippen LogP contribution in [0.2, 0.25) is 0 Å². The molecule has 0 saturated carbocycles. The minimum atomic E-state index is -0.858. The average molecular weight is 397 g/mol. The van der Waals surface area contributed by atoms with E-state index in [9.17, 15) is 9.59 Å². The van der Waals surface area contributed by atoms with Crippen LogP contribution in [0.25, 0.3) is 11.1 Å². The Balaban J connectivity index is 1.89. The van der Waals surface area contributed by atoms with Gasteiger partial charge in [0.2, 0.25) is 0 Å². The zero-order valence-corrected chi connectivity index (χ0v) is 18.1. The van der Waals surface area contributed by atoms with Gasteiger partial charge in [-0.1, -0.05) is 61.5 Å². The Kier molecular flexibility index (Phi) is 7.60. The Morgan fingerprint density at radius 1 is 0.931 bits per heavy atom. The fraction of sp³-hybridized carbons (Fsp3) is 0.440. The number of carbonyl (C=O) groups excluding carboxylic acids is 2. The highest BCUT2D eigenvalue weighted by molar-refractivity contribution is 5.71. The topological polar surface area (TPSA) is 52.6 Å². The van der Waals surface area contributed by atoms with E-state index in [2.05, 4.69) is 43.3 Å². The largest absolute Gasteiger partial charge is 0.461 e. The SMILES string of the molecule is CC(CCC(C)(C)OC(=O)CC(C)(C)OC=O)c1ccc(-c2ccccc2)cc1. The molecule has 0 heterocycles. The number of hydrogen-bond donors (Lipinski definition) is 0. The molecule has 0 saturated heterocycles. The molecular weight excluding hydrogens is 364 g/mol. The van der Waals surface area contributed by atoms with Crippen LogP contribution in [0.4, 0.5) is 0 Å². The molecule has 0 N–H and O–H groups in total. The van der Waals surface area contributed by atoms with Crippen molar-refractivity contribution in [1.82, 2.24) is 0 Å². The molecule has 156 valence electrons. The summed E-state index contributed by atoms with van der Waals surface area (Å²) in [7, 11) is 0. The first-order valence-electron chi connectivity index (χ1n) is 10.1. The molecular formula is C25H32O4. The molecule has 0 aliphatic heterocycles. The van der Waals surface area contributed by atoms with Gasteiger partial charge >= 0.3 is 5.97 Å². The summed E-state index contributed by atoms with van der Waals surface area (Å²) in [6.45, 7) is 9.78. The summed E-state index contributed by atoms with van der Waals surface area (Å²) in [6, 6.07) is 19.0. The molecule has 2 aromatic rings. The molecule has 0 aromatic heterocycles. The summed E-state index contributed by atoms with van der Waals surface area (Å²) < 4.78 is 10.6. The number of benzene rings is 2. The van der Waals surface area contributed by atoms with Crippen molar-refractivity contribution in [3.05, 3.63) is 60.2 Å². The molecule has 0 aliphatic rings. The Morgan fingerprint density at radius 2 is 1.52 bits per heavy atom. The van der Waals surface area contributed by atoms with Crippen LogP contribution in [-0.2, 0) is 19.1 Å². The number of carbonyl (C=O) groups is 2. The van der Waals surface area contributed by atoms with Crippen LogP contribution in [0.3, 0.4) is 0 Å². The maximum Gasteiger partial charge on any atom is 0.310 e. The van der Waals surface area contributed by atoms with E-state index < -0.39 is 11.2 Å². The van der Waals surface area contributed by atoms with Crippen LogP contribution in [0.15, 0.2) is 54.6 Å². The highest BCUT2D eigenvalue weighted by Crippen LogP contribution is 2.29. The van der Waals surface area contributed by atoms with Gasteiger partial charge in [0.05, 0.1) is 6.42 Å². The van der Waals surface area contributed by atoms with E-state index in [1.165, 1.54) is 16.7 Å². The van der Waals surface area contributed by atoms with E-state index in [-0.39, 0.29) is 12.4 Å². The van der Waals surface area contributed by atoms with E-state index in [1.807, 2.05) is 32.0 Å². The third-order valence-corrected chi connectivity index (χ3v) is 5.09. The van der Waals surface area contributed by atoms with Crippen molar-refractivity contribution in [2.75, 3.05) is 0 Å². The van der Waals surface area contributed by atoms with Gasteiger partial charge < -0.3 is 9.47 Å². The molecule has 29 heavy (non-hydrogen) atoms. The van der Waals surface area contributed by atoms with E-state index in [4.69, 9.17) is 9.47 Å². The Bertz CT molecular complexity index is 791. The van der Waals surface area contributed by atoms with Crippen LogP contribution < -0.4 is 0 Å². The normalized spacial score (nSPS) is 12.9. The van der Waals surface area contributed by atoms with Crippen molar-refractivity contribution in [3.8, 4) is 11.1 Å². The highest BCUT2D eigenvalue weighted by Gasteiger charge is 2.29. The number of hydrogen-bond acceptors (Lipinski definition) is 4. The van der Waals surface area contributed by atoms with Crippen LogP contribution >= 0.6 is 0 Å². The summed E-state index contributed by atoms with van der Waals surface area (Å²) in [5, 5.41) is 0. The van der Waals surface area contributed by atoms with Gasteiger partial charge in [0.25, 0.3) is 6.47 Å². The van der Waals surface area contributed by atoms with Crippen LogP contribution in [-0.4, -0.2) is 23.6 Å². The minimum Gasteiger partial charge on any atom is -0.461 e. The molecule has 0 aliphatic carbocycles. The fourth-order valence-electron chi connectivity index (χ4n) is 3.28. The van der Waals surface area contributed by atoms with E-state index >= 15 is 0 Å². The number of esters is 1. The molecule has 1 atom stereocenters. The maximum absolute atomic E-state index is 12.2. The molecule has 4 heteroatoms. The Morgan fingerprint density at radius 3 is 2.10 bits per heavy atom. The Labute approximate surface area is 174 Å². The fourth-order valence-corrected chi connectivity index (χ4v) is 3.28. The molecule has 0 spiro atoms. The first kappa shape index (κ1) is 22.7. The second kappa shape index (κ2) is 9.73. The maximum atomic E-state index is 12.2. The third kappa shape index (κ3) is 7.37. The van der Waals surface area contributed by atoms with Gasteiger partial charge in [-0.05, 0) is 63.1 Å². The lowest BCUT2D eigenvalue weighted by Crippen LogP contribution is -2.34. The quantitative estimate of drug-likeness (QED) is 0.370. The predicted molar refractivity (Wildman–Crippen MR) is 116 cm³/mol. The summed E-state index contributed by atoms with van der Waals surface area (Å²) >= 11 is 0. The zero-order valence-electron chi connectivity index (χ0n) is 18.1. The summed E-state index contributed by atoms with van der Waals surface area (Å²) in [5.74, 6) is -0.00523. The number of rotatable bonds is 10. The van der Waals surface area contributed by atoms with E-state index in [0.29, 0.717) is 12.4 Å². The first-order chi connectivity index (χ1) is 13.6. The third-order valence-electron chi connectivity index (χ3n) is 5.09. The lowest BCUT2D eigenvalue weighted by atomic mass is 9.90. The van der Waals surface area contributed by atoms with Crippen molar-refractivity contribution in [2.45, 2.75) is 71.0 Å². The summed E-state index contributed by atoms with van der Waals surface area (Å²) in [6.07, 6.45) is 1.68. The molecule has 4 nitrogen and oxygen atoms in total. The number of ether oxygens (including phenoxy) is 2. The van der Waals surface area contributed by atoms with Gasteiger partial charge in [-0.2, -0.15) is 0 Å². The minimum absolute atomic E-state index is 0.0334. The summed E-state index contributed by atoms with van der Waals surface area (Å²) in [5.41, 5.74) is 2.25. The average Bonchev–Trinajstić information content (AvgIpc) is 2.66. The molecule has 0 bridgehead atoms. The van der Waals surface area contributed by atoms with Crippen LogP contribution in [0, 0.1) is 0 Å². The summed E-state index contributed by atoms with van der Waals surface area (Å²) in [4.78, 5) is 22.7. The van der Waals surface area contributed by atoms with Gasteiger partial charge in [0, 0.05) is 0 Å². The van der Waals surface area contributed by atoms with Gasteiger partial charge in [0.15, 0.2) is 0 Å². The molecule has 1 unspecified atom stereocenters. The van der Waals surface area contributed by atoms with Gasteiger partial charge in [0.1, 0.15) is 11.2 Å². The molecule has 0 radical (unpaired) electrons. The van der Waals surface area contributed by atoms with Gasteiger partial charge in [-0.25, -0.2) is 0 Å². The Hall–Kier alpha value is -2.62. The van der Waals surface area contributed by atoms with E-state index in [1.54, 1.807) is 13.8 Å². The molecule has 0 amide bonds. The van der Waals surface area contributed by atoms with Crippen molar-refractivity contribution < 1.29 is 19.1 Å². The van der Waals surface area contributed by atoms with Crippen molar-refractivity contribution in [2.24, 2.45) is 0 Å². The molecule has 2 aromatic carbocycles. The monoisotopic (exact) mass is 396 g/mol. The molecule has 2 rings (SSSR count). The highest BCUT2D eigenvalue weighted by atomic mass is 16.6. The van der Waals surface area contributed by atoms with Crippen LogP contribution in [0.5, 0.6) is 0 Å². The lowest BCUT2D eigenvalue weighted by Gasteiger charge is -2.29. The van der Waals surface area contributed by atoms with Gasteiger partial charge in [-0.15, -0.1) is 0 Å². The standard InChI is InChI=1S/C25H32O4/c1-19(20-11-13-22(14-12-20)21-9-7-6-8-10-21)15-16-24(2,3)29-23(27)17-25(4,5)28-18-26/h6-14,18-19H,15-17H2,1-5H3. The molecule has 0 fully saturated rings. The van der Waals surface area contributed by atoms with Crippen LogP contribution in [0.1, 0.15) is 65.4 Å². The van der Waals surface area contributed by atoms with Crippen molar-refractivity contribution in [3.63, 3.8) is 0 Å². The zero-order chi connectivity index (χ0) is 21.5. The first-order valence-corrected chi connectivity index (χ1v) is 10.1. The van der Waals surface area contributed by atoms with E-state index in [0.717, 1.165) is 12.8 Å². The second-order valence-corrected chi connectivity index (χ2v) is 8.81. The van der Waals surface area contributed by atoms with Crippen molar-refractivity contribution >= 4 is 12.4 Å². The van der Waals surface area contributed by atoms with Gasteiger partial charge in [-0.3, -0.25) is 9.59 Å². The predicted octanol–water partition coefficient (Wildman–Crippen LogP) is 5.90. The second-order valence-electron chi connectivity index (χ2n) is 8.81.